The number of amides is 3. The summed E-state index contributed by atoms with van der Waals surface area (Å²) in [5.41, 5.74) is 2.74. The van der Waals surface area contributed by atoms with Gasteiger partial charge in [-0.05, 0) is 67.6 Å². The predicted molar refractivity (Wildman–Crippen MR) is 140 cm³/mol. The molecule has 0 unspecified atom stereocenters. The van der Waals surface area contributed by atoms with Gasteiger partial charge in [-0.2, -0.15) is 0 Å². The zero-order valence-corrected chi connectivity index (χ0v) is 20.7. The van der Waals surface area contributed by atoms with E-state index in [0.717, 1.165) is 5.56 Å². The van der Waals surface area contributed by atoms with Gasteiger partial charge in [-0.1, -0.05) is 35.5 Å². The number of carbonyl (C=O) groups excluding carboxylic acids is 3. The monoisotopic (exact) mass is 517 g/mol. The predicted octanol–water partition coefficient (Wildman–Crippen LogP) is 5.15. The highest BCUT2D eigenvalue weighted by Crippen LogP contribution is 2.31. The third-order valence-corrected chi connectivity index (χ3v) is 6.89. The molecule has 3 aromatic carbocycles. The second-order valence-electron chi connectivity index (χ2n) is 7.93. The van der Waals surface area contributed by atoms with Gasteiger partial charge in [-0.25, -0.2) is 4.90 Å². The van der Waals surface area contributed by atoms with Crippen molar-refractivity contribution in [2.75, 3.05) is 16.0 Å². The van der Waals surface area contributed by atoms with Crippen LogP contribution >= 0.6 is 23.4 Å². The minimum absolute atomic E-state index is 0.166. The maximum Gasteiger partial charge on any atom is 0.266 e. The molecule has 1 N–H and O–H groups in total. The molecule has 0 aliphatic carbocycles. The van der Waals surface area contributed by atoms with E-state index in [2.05, 4.69) is 15.5 Å². The van der Waals surface area contributed by atoms with E-state index in [9.17, 15) is 14.4 Å². The second-order valence-corrected chi connectivity index (χ2v) is 9.31. The largest absolute Gasteiger partial charge is 0.325 e. The first-order valence-electron chi connectivity index (χ1n) is 11.2. The van der Waals surface area contributed by atoms with Crippen LogP contribution in [0, 0.1) is 0 Å². The molecule has 0 radical (unpaired) electrons. The number of nitrogens with one attached hydrogen (secondary N) is 1. The van der Waals surface area contributed by atoms with Crippen LogP contribution in [-0.2, 0) is 11.3 Å². The molecule has 10 heteroatoms. The number of anilines is 2. The van der Waals surface area contributed by atoms with Crippen LogP contribution in [0.25, 0.3) is 11.4 Å². The summed E-state index contributed by atoms with van der Waals surface area (Å²) in [4.78, 5) is 39.1. The molecule has 1 aliphatic rings. The summed E-state index contributed by atoms with van der Waals surface area (Å²) in [6.45, 7) is 2.57. The van der Waals surface area contributed by atoms with E-state index in [0.29, 0.717) is 45.0 Å². The van der Waals surface area contributed by atoms with Crippen LogP contribution in [-0.4, -0.2) is 38.2 Å². The van der Waals surface area contributed by atoms with Crippen LogP contribution in [0.4, 0.5) is 11.4 Å². The number of hydrogen-bond acceptors (Lipinski definition) is 6. The lowest BCUT2D eigenvalue weighted by molar-refractivity contribution is -0.113. The van der Waals surface area contributed by atoms with Gasteiger partial charge in [-0.15, -0.1) is 10.2 Å². The van der Waals surface area contributed by atoms with Gasteiger partial charge in [0.25, 0.3) is 11.8 Å². The van der Waals surface area contributed by atoms with Gasteiger partial charge in [0.2, 0.25) is 5.91 Å². The Morgan fingerprint density at radius 1 is 0.917 bits per heavy atom. The molecule has 0 fully saturated rings. The minimum atomic E-state index is -0.337. The van der Waals surface area contributed by atoms with Crippen LogP contribution in [0.5, 0.6) is 0 Å². The number of imide groups is 1. The Morgan fingerprint density at radius 3 is 2.17 bits per heavy atom. The van der Waals surface area contributed by atoms with E-state index < -0.39 is 0 Å². The fourth-order valence-electron chi connectivity index (χ4n) is 3.94. The molecule has 180 valence electrons. The summed E-state index contributed by atoms with van der Waals surface area (Å²) >= 11 is 7.17. The maximum atomic E-state index is 12.8. The Hall–Kier alpha value is -3.95. The number of rotatable bonds is 7. The van der Waals surface area contributed by atoms with E-state index in [-0.39, 0.29) is 23.5 Å². The average molecular weight is 518 g/mol. The molecule has 0 atom stereocenters. The van der Waals surface area contributed by atoms with Gasteiger partial charge in [0, 0.05) is 22.8 Å². The molecule has 5 rings (SSSR count). The smallest absolute Gasteiger partial charge is 0.266 e. The highest BCUT2D eigenvalue weighted by molar-refractivity contribution is 7.99. The summed E-state index contributed by atoms with van der Waals surface area (Å²) < 4.78 is 1.91. The van der Waals surface area contributed by atoms with Crippen LogP contribution in [0.3, 0.4) is 0 Å². The minimum Gasteiger partial charge on any atom is -0.325 e. The molecular formula is C26H20ClN5O3S. The first kappa shape index (κ1) is 23.8. The highest BCUT2D eigenvalue weighted by Gasteiger charge is 2.36. The summed E-state index contributed by atoms with van der Waals surface area (Å²) in [7, 11) is 0. The molecule has 0 spiro atoms. The maximum absolute atomic E-state index is 12.8. The van der Waals surface area contributed by atoms with Crippen molar-refractivity contribution in [2.24, 2.45) is 0 Å². The van der Waals surface area contributed by atoms with Crippen molar-refractivity contribution in [1.82, 2.24) is 14.8 Å². The summed E-state index contributed by atoms with van der Waals surface area (Å²) in [5, 5.41) is 12.6. The van der Waals surface area contributed by atoms with Crippen molar-refractivity contribution in [3.05, 3.63) is 88.9 Å². The zero-order valence-electron chi connectivity index (χ0n) is 19.1. The Balaban J connectivity index is 1.29. The molecule has 1 aliphatic heterocycles. The van der Waals surface area contributed by atoms with Gasteiger partial charge in [-0.3, -0.25) is 14.4 Å². The van der Waals surface area contributed by atoms with E-state index in [1.54, 1.807) is 72.8 Å². The quantitative estimate of drug-likeness (QED) is 0.269. The number of fused-ring (bicyclic) bond motifs is 1. The fraction of sp³-hybridized carbons (Fsp3) is 0.115. The lowest BCUT2D eigenvalue weighted by atomic mass is 10.1. The van der Waals surface area contributed by atoms with Crippen LogP contribution in [0.1, 0.15) is 27.6 Å². The molecule has 4 aromatic rings. The summed E-state index contributed by atoms with van der Waals surface area (Å²) in [5.74, 6) is -0.0440. The fourth-order valence-corrected chi connectivity index (χ4v) is 4.87. The van der Waals surface area contributed by atoms with Gasteiger partial charge in [0.15, 0.2) is 11.0 Å². The Bertz CT molecular complexity index is 1430. The number of carbonyl (C=O) groups is 3. The molecule has 36 heavy (non-hydrogen) atoms. The third-order valence-electron chi connectivity index (χ3n) is 5.67. The van der Waals surface area contributed by atoms with Crippen molar-refractivity contribution in [3.63, 3.8) is 0 Å². The van der Waals surface area contributed by atoms with Gasteiger partial charge in [0.1, 0.15) is 0 Å². The molecular weight excluding hydrogens is 498 g/mol. The van der Waals surface area contributed by atoms with Crippen LogP contribution in [0.15, 0.2) is 78.0 Å². The average Bonchev–Trinajstić information content (AvgIpc) is 3.42. The van der Waals surface area contributed by atoms with Gasteiger partial charge in [0.05, 0.1) is 22.6 Å². The Kier molecular flexibility index (Phi) is 6.58. The highest BCUT2D eigenvalue weighted by atomic mass is 35.5. The number of aromatic nitrogens is 3. The van der Waals surface area contributed by atoms with E-state index in [1.807, 2.05) is 11.5 Å². The lowest BCUT2D eigenvalue weighted by Gasteiger charge is -2.14. The normalized spacial score (nSPS) is 12.7. The van der Waals surface area contributed by atoms with E-state index >= 15 is 0 Å². The lowest BCUT2D eigenvalue weighted by Crippen LogP contribution is -2.29. The molecule has 2 heterocycles. The molecule has 1 aromatic heterocycles. The van der Waals surface area contributed by atoms with E-state index in [1.165, 1.54) is 16.7 Å². The zero-order chi connectivity index (χ0) is 25.2. The second kappa shape index (κ2) is 9.96. The Morgan fingerprint density at radius 2 is 1.56 bits per heavy atom. The first-order valence-corrected chi connectivity index (χ1v) is 12.5. The molecule has 0 bridgehead atoms. The van der Waals surface area contributed by atoms with Crippen molar-refractivity contribution < 1.29 is 14.4 Å². The van der Waals surface area contributed by atoms with Crippen LogP contribution < -0.4 is 10.2 Å². The van der Waals surface area contributed by atoms with Gasteiger partial charge < -0.3 is 9.88 Å². The molecule has 0 saturated carbocycles. The third kappa shape index (κ3) is 4.50. The number of nitrogens with zero attached hydrogens (tertiary/aromatic N) is 4. The summed E-state index contributed by atoms with van der Waals surface area (Å²) in [6, 6.07) is 20.7. The number of halogens is 1. The van der Waals surface area contributed by atoms with Crippen molar-refractivity contribution in [1.29, 1.82) is 0 Å². The molecule has 8 nitrogen and oxygen atoms in total. The van der Waals surface area contributed by atoms with Crippen molar-refractivity contribution in [3.8, 4) is 11.4 Å². The number of hydrogen-bond donors (Lipinski definition) is 1. The van der Waals surface area contributed by atoms with Gasteiger partial charge >= 0.3 is 0 Å². The number of thioether (sulfide) groups is 1. The first-order chi connectivity index (χ1) is 17.5. The van der Waals surface area contributed by atoms with Crippen molar-refractivity contribution in [2.45, 2.75) is 18.6 Å². The van der Waals surface area contributed by atoms with E-state index in [4.69, 9.17) is 11.6 Å². The number of benzene rings is 3. The standard InChI is InChI=1S/C26H20ClN5O3S/c1-2-31-23(29-30-26(31)36-15-22(33)28-18-11-9-17(27)10-12-18)16-7-13-19(14-8-16)32-24(34)20-5-3-4-6-21(20)25(32)35/h3-14H,2,15H2,1H3,(H,28,33). The Labute approximate surface area is 216 Å². The molecule has 0 saturated heterocycles. The molecule has 3 amide bonds. The SMILES string of the molecule is CCn1c(SCC(=O)Nc2ccc(Cl)cc2)nnc1-c1ccc(N2C(=O)c3ccccc3C2=O)cc1. The topological polar surface area (TPSA) is 97.2 Å². The van der Waals surface area contributed by atoms with Crippen molar-refractivity contribution >= 4 is 52.5 Å². The summed E-state index contributed by atoms with van der Waals surface area (Å²) in [6.07, 6.45) is 0. The van der Waals surface area contributed by atoms with Crippen LogP contribution in [0.2, 0.25) is 5.02 Å².